The van der Waals surface area contributed by atoms with Crippen molar-refractivity contribution in [2.75, 3.05) is 6.54 Å². The molecular weight excluding hydrogens is 318 g/mol. The van der Waals surface area contributed by atoms with Gasteiger partial charge in [0.15, 0.2) is 0 Å². The van der Waals surface area contributed by atoms with Crippen molar-refractivity contribution < 1.29 is 8.78 Å². The Bertz CT molecular complexity index is 732. The first kappa shape index (κ1) is 18.8. The lowest BCUT2D eigenvalue weighted by Crippen LogP contribution is -2.24. The number of halogens is 2. The van der Waals surface area contributed by atoms with Gasteiger partial charge in [-0.05, 0) is 25.0 Å². The fourth-order valence-electron chi connectivity index (χ4n) is 2.35. The highest BCUT2D eigenvalue weighted by Gasteiger charge is 2.34. The molecule has 0 aliphatic carbocycles. The van der Waals surface area contributed by atoms with Gasteiger partial charge in [-0.25, -0.2) is 0 Å². The monoisotopic (exact) mass is 342 g/mol. The zero-order valence-electron chi connectivity index (χ0n) is 14.7. The van der Waals surface area contributed by atoms with Crippen molar-refractivity contribution in [3.8, 4) is 0 Å². The molecule has 0 heterocycles. The number of nitrogens with zero attached hydrogens (tertiary/aromatic N) is 1. The van der Waals surface area contributed by atoms with E-state index in [1.807, 2.05) is 31.2 Å². The normalized spacial score (nSPS) is 13.1. The molecule has 0 amide bonds. The molecule has 0 fully saturated rings. The number of hydrogen-bond donors (Lipinski definition) is 1. The number of aryl methyl sites for hydroxylation is 1. The third-order valence-electron chi connectivity index (χ3n) is 3.93. The fraction of sp³-hybridized carbons (Fsp3) is 0.286. The van der Waals surface area contributed by atoms with Crippen LogP contribution in [0.5, 0.6) is 0 Å². The highest BCUT2D eigenvalue weighted by molar-refractivity contribution is 6.09. The summed E-state index contributed by atoms with van der Waals surface area (Å²) in [4.78, 5) is 4.49. The van der Waals surface area contributed by atoms with E-state index >= 15 is 0 Å². The van der Waals surface area contributed by atoms with Crippen molar-refractivity contribution in [2.24, 2.45) is 10.7 Å². The lowest BCUT2D eigenvalue weighted by atomic mass is 10.0. The molecular formula is C21H24F2N2. The van der Waals surface area contributed by atoms with Gasteiger partial charge in [-0.15, -0.1) is 0 Å². The summed E-state index contributed by atoms with van der Waals surface area (Å²) >= 11 is 0. The Morgan fingerprint density at radius 2 is 1.72 bits per heavy atom. The summed E-state index contributed by atoms with van der Waals surface area (Å²) in [5.41, 5.74) is 7.53. The Morgan fingerprint density at radius 1 is 1.08 bits per heavy atom. The average molecular weight is 342 g/mol. The van der Waals surface area contributed by atoms with Gasteiger partial charge in [0, 0.05) is 12.1 Å². The largest absolute Gasteiger partial charge is 0.397 e. The van der Waals surface area contributed by atoms with Crippen LogP contribution in [-0.2, 0) is 5.92 Å². The molecule has 0 radical (unpaired) electrons. The van der Waals surface area contributed by atoms with E-state index in [2.05, 4.69) is 11.9 Å². The SMILES string of the molecule is CCCCN=C(/C=C(\N)C(F)(F)c1ccccc1)c1ccc(C)cc1. The Labute approximate surface area is 148 Å². The molecule has 25 heavy (non-hydrogen) atoms. The standard InChI is InChI=1S/C21H24F2N2/c1-3-4-14-25-19(17-12-10-16(2)11-13-17)15-20(24)21(22,23)18-8-6-5-7-9-18/h5-13,15H,3-4,14,24H2,1-2H3/b20-15-,25-19?. The zero-order valence-corrected chi connectivity index (χ0v) is 14.7. The van der Waals surface area contributed by atoms with Crippen molar-refractivity contribution in [3.05, 3.63) is 83.1 Å². The predicted molar refractivity (Wildman–Crippen MR) is 100 cm³/mol. The van der Waals surface area contributed by atoms with Crippen molar-refractivity contribution >= 4 is 5.71 Å². The van der Waals surface area contributed by atoms with E-state index in [1.165, 1.54) is 18.2 Å². The number of nitrogens with two attached hydrogens (primary N) is 1. The van der Waals surface area contributed by atoms with Crippen LogP contribution in [-0.4, -0.2) is 12.3 Å². The molecule has 2 N–H and O–H groups in total. The molecule has 0 saturated heterocycles. The van der Waals surface area contributed by atoms with Gasteiger partial charge in [-0.2, -0.15) is 8.78 Å². The molecule has 0 bridgehead atoms. The van der Waals surface area contributed by atoms with Gasteiger partial charge < -0.3 is 5.73 Å². The van der Waals surface area contributed by atoms with Crippen LogP contribution >= 0.6 is 0 Å². The van der Waals surface area contributed by atoms with E-state index in [9.17, 15) is 8.78 Å². The number of alkyl halides is 2. The average Bonchev–Trinajstić information content (AvgIpc) is 2.62. The molecule has 4 heteroatoms. The van der Waals surface area contributed by atoms with Crippen LogP contribution in [0.25, 0.3) is 0 Å². The number of unbranched alkanes of at least 4 members (excludes halogenated alkanes) is 1. The first-order valence-electron chi connectivity index (χ1n) is 8.47. The van der Waals surface area contributed by atoms with Crippen LogP contribution in [0, 0.1) is 6.92 Å². The summed E-state index contributed by atoms with van der Waals surface area (Å²) in [5, 5.41) is 0. The highest BCUT2D eigenvalue weighted by Crippen LogP contribution is 2.33. The van der Waals surface area contributed by atoms with Crippen LogP contribution in [0.15, 0.2) is 71.4 Å². The lowest BCUT2D eigenvalue weighted by Gasteiger charge is -2.17. The topological polar surface area (TPSA) is 38.4 Å². The molecule has 0 aliphatic rings. The second-order valence-corrected chi connectivity index (χ2v) is 6.03. The minimum absolute atomic E-state index is 0.124. The molecule has 132 valence electrons. The maximum Gasteiger partial charge on any atom is 0.312 e. The van der Waals surface area contributed by atoms with Crippen LogP contribution in [0.4, 0.5) is 8.78 Å². The Kier molecular flexibility index (Phi) is 6.45. The molecule has 2 aromatic carbocycles. The van der Waals surface area contributed by atoms with Crippen molar-refractivity contribution in [2.45, 2.75) is 32.6 Å². The van der Waals surface area contributed by atoms with Crippen LogP contribution in [0.2, 0.25) is 0 Å². The lowest BCUT2D eigenvalue weighted by molar-refractivity contribution is 0.0364. The fourth-order valence-corrected chi connectivity index (χ4v) is 2.35. The molecule has 2 rings (SSSR count). The van der Waals surface area contributed by atoms with E-state index in [-0.39, 0.29) is 5.56 Å². The smallest absolute Gasteiger partial charge is 0.312 e. The Balaban J connectivity index is 2.38. The van der Waals surface area contributed by atoms with E-state index < -0.39 is 11.6 Å². The molecule has 2 nitrogen and oxygen atoms in total. The minimum atomic E-state index is -3.24. The van der Waals surface area contributed by atoms with Crippen LogP contribution in [0.1, 0.15) is 36.5 Å². The van der Waals surface area contributed by atoms with Gasteiger partial charge >= 0.3 is 5.92 Å². The third-order valence-corrected chi connectivity index (χ3v) is 3.93. The van der Waals surface area contributed by atoms with E-state index in [4.69, 9.17) is 5.73 Å². The van der Waals surface area contributed by atoms with Crippen LogP contribution < -0.4 is 5.73 Å². The van der Waals surface area contributed by atoms with Gasteiger partial charge in [-0.3, -0.25) is 4.99 Å². The van der Waals surface area contributed by atoms with Gasteiger partial charge in [0.1, 0.15) is 0 Å². The Hall–Kier alpha value is -2.49. The quantitative estimate of drug-likeness (QED) is 0.544. The second kappa shape index (κ2) is 8.56. The number of allylic oxidation sites excluding steroid dienone is 2. The maximum atomic E-state index is 14.6. The minimum Gasteiger partial charge on any atom is -0.397 e. The van der Waals surface area contributed by atoms with Gasteiger partial charge in [-0.1, -0.05) is 73.5 Å². The summed E-state index contributed by atoms with van der Waals surface area (Å²) in [7, 11) is 0. The van der Waals surface area contributed by atoms with Crippen molar-refractivity contribution in [3.63, 3.8) is 0 Å². The summed E-state index contributed by atoms with van der Waals surface area (Å²) < 4.78 is 29.3. The molecule has 0 aromatic heterocycles. The highest BCUT2D eigenvalue weighted by atomic mass is 19.3. The number of benzene rings is 2. The Morgan fingerprint density at radius 3 is 2.32 bits per heavy atom. The van der Waals surface area contributed by atoms with Crippen LogP contribution in [0.3, 0.4) is 0 Å². The predicted octanol–water partition coefficient (Wildman–Crippen LogP) is 5.22. The van der Waals surface area contributed by atoms with Gasteiger partial charge in [0.2, 0.25) is 0 Å². The van der Waals surface area contributed by atoms with E-state index in [0.29, 0.717) is 12.3 Å². The maximum absolute atomic E-state index is 14.6. The second-order valence-electron chi connectivity index (χ2n) is 6.03. The van der Waals surface area contributed by atoms with Crippen molar-refractivity contribution in [1.29, 1.82) is 0 Å². The summed E-state index contributed by atoms with van der Waals surface area (Å²) in [6.07, 6.45) is 3.19. The van der Waals surface area contributed by atoms with E-state index in [0.717, 1.165) is 24.0 Å². The summed E-state index contributed by atoms with van der Waals surface area (Å²) in [6, 6.07) is 15.2. The zero-order chi connectivity index (χ0) is 18.3. The summed E-state index contributed by atoms with van der Waals surface area (Å²) in [6.45, 7) is 4.63. The molecule has 0 saturated carbocycles. The third kappa shape index (κ3) is 4.99. The molecule has 0 spiro atoms. The number of rotatable bonds is 7. The van der Waals surface area contributed by atoms with E-state index in [1.54, 1.807) is 18.2 Å². The molecule has 0 aliphatic heterocycles. The molecule has 0 unspecified atom stereocenters. The molecule has 2 aromatic rings. The van der Waals surface area contributed by atoms with Gasteiger partial charge in [0.05, 0.1) is 11.4 Å². The summed E-state index contributed by atoms with van der Waals surface area (Å²) in [5.74, 6) is -3.24. The first-order valence-corrected chi connectivity index (χ1v) is 8.47. The number of aliphatic imine (C=N–C) groups is 1. The first-order chi connectivity index (χ1) is 11.9. The van der Waals surface area contributed by atoms with Gasteiger partial charge in [0.25, 0.3) is 0 Å². The molecule has 0 atom stereocenters. The van der Waals surface area contributed by atoms with Crippen molar-refractivity contribution in [1.82, 2.24) is 0 Å². The number of hydrogen-bond acceptors (Lipinski definition) is 2.